The van der Waals surface area contributed by atoms with E-state index >= 15 is 0 Å². The van der Waals surface area contributed by atoms with Crippen LogP contribution in [0.1, 0.15) is 27.9 Å². The molecule has 1 amide bonds. The molecule has 0 bridgehead atoms. The topological polar surface area (TPSA) is 177 Å². The summed E-state index contributed by atoms with van der Waals surface area (Å²) in [5, 5.41) is 48.3. The Morgan fingerprint density at radius 2 is 1.70 bits per heavy atom. The molecule has 0 aliphatic heterocycles. The number of nitrogens with one attached hydrogen (secondary N) is 1. The number of nitrogens with zero attached hydrogens (tertiary/aromatic N) is 2. The number of aliphatic hydroxyl groups is 3. The highest BCUT2D eigenvalue weighted by atomic mass is 19.1. The smallest absolute Gasteiger partial charge is 0.255 e. The number of primary amides is 1. The lowest BCUT2D eigenvalue weighted by Crippen LogP contribution is -2.63. The Morgan fingerprint density at radius 1 is 1.07 bits per heavy atom. The summed E-state index contributed by atoms with van der Waals surface area (Å²) in [5.74, 6) is -8.99. The third kappa shape index (κ3) is 4.50. The van der Waals surface area contributed by atoms with Crippen LogP contribution >= 0.6 is 0 Å². The molecule has 0 heterocycles. The Morgan fingerprint density at radius 3 is 2.26 bits per heavy atom. The van der Waals surface area contributed by atoms with E-state index in [2.05, 4.69) is 5.32 Å². The molecule has 0 spiro atoms. The number of hydrogen-bond donors (Lipinski definition) is 6. The second kappa shape index (κ2) is 10.3. The van der Waals surface area contributed by atoms with Crippen molar-refractivity contribution in [3.63, 3.8) is 0 Å². The van der Waals surface area contributed by atoms with Crippen molar-refractivity contribution in [3.05, 3.63) is 75.3 Å². The number of phenolic OH excluding ortho intramolecular Hbond substituents is 1. The molecule has 3 aliphatic rings. The molecule has 0 unspecified atom stereocenters. The van der Waals surface area contributed by atoms with Gasteiger partial charge >= 0.3 is 0 Å². The Balaban J connectivity index is 1.64. The number of fused-ring (bicyclic) bond motifs is 3. The molecule has 228 valence electrons. The monoisotopic (exact) mass is 598 g/mol. The summed E-state index contributed by atoms with van der Waals surface area (Å²) < 4.78 is 27.4. The van der Waals surface area contributed by atoms with Crippen molar-refractivity contribution >= 4 is 28.8 Å². The number of phenols is 1. The molecule has 43 heavy (non-hydrogen) atoms. The molecule has 11 nitrogen and oxygen atoms in total. The van der Waals surface area contributed by atoms with Crippen LogP contribution in [-0.4, -0.2) is 82.6 Å². The van der Waals surface area contributed by atoms with E-state index in [9.17, 15) is 43.6 Å². The van der Waals surface area contributed by atoms with Gasteiger partial charge in [0.05, 0.1) is 17.3 Å². The van der Waals surface area contributed by atoms with Crippen molar-refractivity contribution in [1.82, 2.24) is 4.90 Å². The molecule has 0 fully saturated rings. The van der Waals surface area contributed by atoms with Gasteiger partial charge in [0.25, 0.3) is 5.91 Å². The fourth-order valence-electron chi connectivity index (χ4n) is 6.74. The Kier molecular flexibility index (Phi) is 7.22. The van der Waals surface area contributed by atoms with Gasteiger partial charge in [0.1, 0.15) is 34.5 Å². The van der Waals surface area contributed by atoms with Gasteiger partial charge in [0.15, 0.2) is 11.4 Å². The second-order valence-electron chi connectivity index (χ2n) is 11.6. The maximum Gasteiger partial charge on any atom is 0.255 e. The average Bonchev–Trinajstić information content (AvgIpc) is 2.89. The van der Waals surface area contributed by atoms with E-state index in [1.165, 1.54) is 4.90 Å². The molecule has 4 atom stereocenters. The number of likely N-dealkylation sites (N-methyl/N-ethyl adjacent to an activating group) is 1. The summed E-state index contributed by atoms with van der Waals surface area (Å²) >= 11 is 0. The van der Waals surface area contributed by atoms with Gasteiger partial charge in [-0.1, -0.05) is 0 Å². The zero-order chi connectivity index (χ0) is 31.7. The van der Waals surface area contributed by atoms with Crippen LogP contribution in [0, 0.1) is 23.5 Å². The summed E-state index contributed by atoms with van der Waals surface area (Å²) in [5.41, 5.74) is 2.56. The molecule has 7 N–H and O–H groups in total. The van der Waals surface area contributed by atoms with E-state index in [4.69, 9.17) is 5.73 Å². The van der Waals surface area contributed by atoms with Crippen LogP contribution in [0.2, 0.25) is 0 Å². The summed E-state index contributed by atoms with van der Waals surface area (Å²) in [7, 11) is 6.56. The van der Waals surface area contributed by atoms with Gasteiger partial charge in [-0.2, -0.15) is 0 Å². The van der Waals surface area contributed by atoms with E-state index in [0.717, 1.165) is 18.2 Å². The average molecular weight is 599 g/mol. The number of ketones is 2. The van der Waals surface area contributed by atoms with Crippen molar-refractivity contribution in [2.75, 3.05) is 38.4 Å². The first kappa shape index (κ1) is 30.0. The minimum atomic E-state index is -2.75. The number of rotatable bonds is 6. The first-order chi connectivity index (χ1) is 20.1. The molecule has 2 aromatic carbocycles. The molecule has 0 saturated carbocycles. The number of aromatic hydroxyl groups is 1. The SMILES string of the molecule is CN(C)c1cc(NCc2cc(F)cc(F)c2)c(O)c2c1C[C@@H]1C[C@@H]3[C@@H](N(C)C)C(O)=C(C(N)=O)C(=O)[C@]3(O)C(O)=C1C2=O. The molecule has 0 saturated heterocycles. The van der Waals surface area contributed by atoms with Gasteiger partial charge in [-0.15, -0.1) is 0 Å². The van der Waals surface area contributed by atoms with E-state index in [1.807, 2.05) is 0 Å². The second-order valence-corrected chi connectivity index (χ2v) is 11.6. The maximum atomic E-state index is 14.1. The lowest BCUT2D eigenvalue weighted by molar-refractivity contribution is -0.148. The quantitative estimate of drug-likeness (QED) is 0.213. The highest BCUT2D eigenvalue weighted by Crippen LogP contribution is 2.54. The summed E-state index contributed by atoms with van der Waals surface area (Å²) in [6.07, 6.45) is 0.0789. The molecule has 0 aromatic heterocycles. The number of aliphatic hydroxyl groups excluding tert-OH is 2. The third-order valence-corrected chi connectivity index (χ3v) is 8.59. The number of hydrogen-bond acceptors (Lipinski definition) is 10. The summed E-state index contributed by atoms with van der Waals surface area (Å²) in [4.78, 5) is 42.9. The van der Waals surface area contributed by atoms with E-state index in [1.54, 1.807) is 39.2 Å². The molecule has 13 heteroatoms. The molecular formula is C30H32F2N4O7. The first-order valence-electron chi connectivity index (χ1n) is 13.5. The fraction of sp³-hybridized carbons (Fsp3) is 0.367. The van der Waals surface area contributed by atoms with Crippen LogP contribution in [-0.2, 0) is 22.6 Å². The Labute approximate surface area is 245 Å². The van der Waals surface area contributed by atoms with Crippen LogP contribution in [0.3, 0.4) is 0 Å². The number of Topliss-reactive ketones (excluding diaryl/α,β-unsaturated/α-hetero) is 2. The first-order valence-corrected chi connectivity index (χ1v) is 13.5. The molecule has 3 aliphatic carbocycles. The van der Waals surface area contributed by atoms with Crippen LogP contribution in [0.4, 0.5) is 20.2 Å². The summed E-state index contributed by atoms with van der Waals surface area (Å²) in [6.45, 7) is -0.105. The Hall–Kier alpha value is -4.49. The number of carbonyl (C=O) groups is 3. The maximum absolute atomic E-state index is 14.1. The molecule has 2 aromatic rings. The predicted octanol–water partition coefficient (Wildman–Crippen LogP) is 2.08. The highest BCUT2D eigenvalue weighted by Gasteiger charge is 2.63. The lowest BCUT2D eigenvalue weighted by atomic mass is 9.58. The zero-order valence-corrected chi connectivity index (χ0v) is 23.9. The number of halogens is 2. The predicted molar refractivity (Wildman–Crippen MR) is 152 cm³/mol. The third-order valence-electron chi connectivity index (χ3n) is 8.59. The summed E-state index contributed by atoms with van der Waals surface area (Å²) in [6, 6.07) is 3.45. The molecular weight excluding hydrogens is 566 g/mol. The number of nitrogens with two attached hydrogens (primary N) is 1. The standard InChI is InChI=1S/C30H32F2N4O7/c1-35(2)19-10-18(34-11-12-5-14(31)9-15(32)6-12)24(37)21-16(19)7-13-8-17-23(36(3)4)26(39)22(29(33)42)28(41)30(17,43)27(40)20(13)25(21)38/h5-6,9-10,13,17,23,34,37,39-40,43H,7-8,11H2,1-4H3,(H2,33,42)/t13-,17-,23-,30-/m1/s1. The van der Waals surface area contributed by atoms with Crippen molar-refractivity contribution in [2.45, 2.75) is 31.0 Å². The van der Waals surface area contributed by atoms with Crippen LogP contribution < -0.4 is 16.0 Å². The lowest BCUT2D eigenvalue weighted by Gasteiger charge is -2.50. The van der Waals surface area contributed by atoms with Gasteiger partial charge in [0.2, 0.25) is 5.78 Å². The van der Waals surface area contributed by atoms with Crippen LogP contribution in [0.15, 0.2) is 46.9 Å². The number of benzene rings is 2. The number of allylic oxidation sites excluding steroid dienone is 1. The van der Waals surface area contributed by atoms with Crippen molar-refractivity contribution in [3.8, 4) is 5.75 Å². The number of carbonyl (C=O) groups excluding carboxylic acids is 3. The Bertz CT molecular complexity index is 1630. The minimum Gasteiger partial charge on any atom is -0.510 e. The van der Waals surface area contributed by atoms with Crippen LogP contribution in [0.25, 0.3) is 0 Å². The van der Waals surface area contributed by atoms with Gasteiger partial charge < -0.3 is 36.4 Å². The van der Waals surface area contributed by atoms with Gasteiger partial charge in [-0.05, 0) is 62.2 Å². The van der Waals surface area contributed by atoms with Crippen molar-refractivity contribution < 1.29 is 43.6 Å². The number of amides is 1. The normalized spacial score (nSPS) is 25.0. The fourth-order valence-corrected chi connectivity index (χ4v) is 6.74. The molecule has 5 rings (SSSR count). The molecule has 0 radical (unpaired) electrons. The van der Waals surface area contributed by atoms with Crippen molar-refractivity contribution in [2.24, 2.45) is 17.6 Å². The number of anilines is 2. The van der Waals surface area contributed by atoms with E-state index in [0.29, 0.717) is 11.3 Å². The van der Waals surface area contributed by atoms with E-state index in [-0.39, 0.29) is 41.8 Å². The van der Waals surface area contributed by atoms with Gasteiger partial charge in [-0.3, -0.25) is 19.3 Å². The van der Waals surface area contributed by atoms with Gasteiger partial charge in [0, 0.05) is 43.9 Å². The van der Waals surface area contributed by atoms with Crippen molar-refractivity contribution in [1.29, 1.82) is 0 Å². The minimum absolute atomic E-state index is 0.0372. The van der Waals surface area contributed by atoms with Gasteiger partial charge in [-0.25, -0.2) is 8.78 Å². The highest BCUT2D eigenvalue weighted by molar-refractivity contribution is 6.25. The largest absolute Gasteiger partial charge is 0.510 e. The van der Waals surface area contributed by atoms with E-state index < -0.39 is 75.4 Å². The van der Waals surface area contributed by atoms with Crippen LogP contribution in [0.5, 0.6) is 5.75 Å². The zero-order valence-electron chi connectivity index (χ0n) is 23.9.